The second kappa shape index (κ2) is 7.32. The molecule has 2 aliphatic rings. The zero-order chi connectivity index (χ0) is 16.2. The molecule has 0 unspecified atom stereocenters. The molecule has 2 fully saturated rings. The predicted molar refractivity (Wildman–Crippen MR) is 88.6 cm³/mol. The van der Waals surface area contributed by atoms with Gasteiger partial charge in [0, 0.05) is 32.0 Å². The molecule has 3 rings (SSSR count). The van der Waals surface area contributed by atoms with Crippen LogP contribution in [0.2, 0.25) is 0 Å². The first-order chi connectivity index (χ1) is 11.2. The highest BCUT2D eigenvalue weighted by molar-refractivity contribution is 5.76. The summed E-state index contributed by atoms with van der Waals surface area (Å²) >= 11 is 0. The molecule has 2 bridgehead atoms. The van der Waals surface area contributed by atoms with E-state index in [1.165, 1.54) is 0 Å². The summed E-state index contributed by atoms with van der Waals surface area (Å²) in [6.45, 7) is 4.11. The Kier molecular flexibility index (Phi) is 5.18. The van der Waals surface area contributed by atoms with E-state index in [1.807, 2.05) is 23.1 Å². The minimum absolute atomic E-state index is 0.250. The Bertz CT molecular complexity index is 549. The van der Waals surface area contributed by atoms with Gasteiger partial charge in [-0.15, -0.1) is 0 Å². The molecule has 0 spiro atoms. The van der Waals surface area contributed by atoms with Gasteiger partial charge in [0.25, 0.3) is 0 Å². The number of likely N-dealkylation sites (N-methyl/N-ethyl adjacent to an activating group) is 1. The number of rotatable bonds is 4. The van der Waals surface area contributed by atoms with Gasteiger partial charge >= 0.3 is 0 Å². The fourth-order valence-corrected chi connectivity index (χ4v) is 3.49. The molecule has 0 N–H and O–H groups in total. The second-order valence-electron chi connectivity index (χ2n) is 6.65. The number of amides is 1. The number of hydrogen-bond donors (Lipinski definition) is 0. The highest BCUT2D eigenvalue weighted by Gasteiger charge is 2.32. The van der Waals surface area contributed by atoms with Crippen molar-refractivity contribution in [1.82, 2.24) is 9.80 Å². The number of benzene rings is 1. The van der Waals surface area contributed by atoms with Crippen LogP contribution < -0.4 is 4.74 Å². The lowest BCUT2D eigenvalue weighted by Gasteiger charge is -2.29. The summed E-state index contributed by atoms with van der Waals surface area (Å²) in [5.74, 6) is 1.52. The van der Waals surface area contributed by atoms with Crippen LogP contribution in [0.3, 0.4) is 0 Å². The SMILES string of the molecule is COc1cccc(CCC(=O)N2C[C@@H]3COC[C@H](C2)N(C)C3)c1. The summed E-state index contributed by atoms with van der Waals surface area (Å²) in [7, 11) is 3.80. The van der Waals surface area contributed by atoms with Gasteiger partial charge in [-0.25, -0.2) is 0 Å². The molecule has 0 radical (unpaired) electrons. The molecule has 0 aliphatic carbocycles. The maximum Gasteiger partial charge on any atom is 0.222 e. The van der Waals surface area contributed by atoms with Gasteiger partial charge in [0.2, 0.25) is 5.91 Å². The molecular weight excluding hydrogens is 292 g/mol. The molecule has 1 aromatic carbocycles. The van der Waals surface area contributed by atoms with Crippen molar-refractivity contribution in [1.29, 1.82) is 0 Å². The van der Waals surface area contributed by atoms with Crippen molar-refractivity contribution in [2.75, 3.05) is 47.0 Å². The van der Waals surface area contributed by atoms with Crippen molar-refractivity contribution in [2.24, 2.45) is 5.92 Å². The van der Waals surface area contributed by atoms with E-state index >= 15 is 0 Å². The third kappa shape index (κ3) is 4.03. The number of aryl methyl sites for hydroxylation is 1. The summed E-state index contributed by atoms with van der Waals surface area (Å²) in [6.07, 6.45) is 1.31. The zero-order valence-electron chi connectivity index (χ0n) is 14.0. The Labute approximate surface area is 138 Å². The van der Waals surface area contributed by atoms with Gasteiger partial charge in [0.1, 0.15) is 5.75 Å². The van der Waals surface area contributed by atoms with E-state index in [0.717, 1.165) is 50.6 Å². The predicted octanol–water partition coefficient (Wildman–Crippen LogP) is 1.42. The van der Waals surface area contributed by atoms with Gasteiger partial charge < -0.3 is 14.4 Å². The largest absolute Gasteiger partial charge is 0.497 e. The third-order valence-electron chi connectivity index (χ3n) is 4.86. The maximum atomic E-state index is 12.7. The van der Waals surface area contributed by atoms with E-state index in [9.17, 15) is 4.79 Å². The monoisotopic (exact) mass is 318 g/mol. The van der Waals surface area contributed by atoms with E-state index in [2.05, 4.69) is 18.0 Å². The van der Waals surface area contributed by atoms with Crippen LogP contribution in [-0.2, 0) is 16.0 Å². The topological polar surface area (TPSA) is 42.0 Å². The normalized spacial score (nSPS) is 25.0. The number of methoxy groups -OCH3 is 1. The van der Waals surface area contributed by atoms with Gasteiger partial charge in [-0.2, -0.15) is 0 Å². The molecule has 2 heterocycles. The Morgan fingerprint density at radius 3 is 3.00 bits per heavy atom. The van der Waals surface area contributed by atoms with Crippen LogP contribution in [0.5, 0.6) is 5.75 Å². The Morgan fingerprint density at radius 1 is 1.30 bits per heavy atom. The van der Waals surface area contributed by atoms with Crippen molar-refractivity contribution in [2.45, 2.75) is 18.9 Å². The summed E-state index contributed by atoms with van der Waals surface area (Å²) in [6, 6.07) is 8.28. The summed E-state index contributed by atoms with van der Waals surface area (Å²) < 4.78 is 11.0. The van der Waals surface area contributed by atoms with E-state index < -0.39 is 0 Å². The van der Waals surface area contributed by atoms with Crippen LogP contribution in [0.15, 0.2) is 24.3 Å². The number of fused-ring (bicyclic) bond motifs is 3. The second-order valence-corrected chi connectivity index (χ2v) is 6.65. The van der Waals surface area contributed by atoms with E-state index in [0.29, 0.717) is 18.4 Å². The fourth-order valence-electron chi connectivity index (χ4n) is 3.49. The first-order valence-corrected chi connectivity index (χ1v) is 8.34. The van der Waals surface area contributed by atoms with Crippen molar-refractivity contribution in [3.05, 3.63) is 29.8 Å². The van der Waals surface area contributed by atoms with Gasteiger partial charge in [-0.05, 0) is 31.2 Å². The van der Waals surface area contributed by atoms with Crippen molar-refractivity contribution >= 4 is 5.91 Å². The lowest BCUT2D eigenvalue weighted by Crippen LogP contribution is -2.44. The minimum Gasteiger partial charge on any atom is -0.497 e. The van der Waals surface area contributed by atoms with E-state index in [4.69, 9.17) is 9.47 Å². The summed E-state index contributed by atoms with van der Waals surface area (Å²) in [4.78, 5) is 17.0. The Hall–Kier alpha value is -1.59. The summed E-state index contributed by atoms with van der Waals surface area (Å²) in [5, 5.41) is 0. The Morgan fingerprint density at radius 2 is 2.17 bits per heavy atom. The molecule has 5 nitrogen and oxygen atoms in total. The van der Waals surface area contributed by atoms with Crippen LogP contribution in [0.4, 0.5) is 0 Å². The van der Waals surface area contributed by atoms with Crippen molar-refractivity contribution < 1.29 is 14.3 Å². The quantitative estimate of drug-likeness (QED) is 0.842. The van der Waals surface area contributed by atoms with E-state index in [1.54, 1.807) is 7.11 Å². The molecule has 23 heavy (non-hydrogen) atoms. The first kappa shape index (κ1) is 16.3. The lowest BCUT2D eigenvalue weighted by atomic mass is 10.1. The van der Waals surface area contributed by atoms with Crippen LogP contribution in [-0.4, -0.2) is 68.8 Å². The van der Waals surface area contributed by atoms with Crippen LogP contribution >= 0.6 is 0 Å². The molecular formula is C18H26N2O3. The lowest BCUT2D eigenvalue weighted by molar-refractivity contribution is -0.133. The van der Waals surface area contributed by atoms with Crippen LogP contribution in [0, 0.1) is 5.92 Å². The Balaban J connectivity index is 1.59. The molecule has 1 aromatic rings. The average molecular weight is 318 g/mol. The van der Waals surface area contributed by atoms with Gasteiger partial charge in [0.05, 0.1) is 26.4 Å². The molecule has 1 amide bonds. The molecule has 2 aliphatic heterocycles. The molecule has 126 valence electrons. The molecule has 0 saturated carbocycles. The number of ether oxygens (including phenoxy) is 2. The molecule has 5 heteroatoms. The van der Waals surface area contributed by atoms with Crippen molar-refractivity contribution in [3.8, 4) is 5.75 Å². The van der Waals surface area contributed by atoms with Gasteiger partial charge in [0.15, 0.2) is 0 Å². The first-order valence-electron chi connectivity index (χ1n) is 8.34. The van der Waals surface area contributed by atoms with Crippen molar-refractivity contribution in [3.63, 3.8) is 0 Å². The van der Waals surface area contributed by atoms with Crippen LogP contribution in [0.1, 0.15) is 12.0 Å². The third-order valence-corrected chi connectivity index (χ3v) is 4.86. The van der Waals surface area contributed by atoms with Gasteiger partial charge in [-0.1, -0.05) is 12.1 Å². The molecule has 2 saturated heterocycles. The van der Waals surface area contributed by atoms with Crippen LogP contribution in [0.25, 0.3) is 0 Å². The highest BCUT2D eigenvalue weighted by atomic mass is 16.5. The summed E-state index contributed by atoms with van der Waals surface area (Å²) in [5.41, 5.74) is 1.15. The average Bonchev–Trinajstić information content (AvgIpc) is 2.81. The zero-order valence-corrected chi connectivity index (χ0v) is 14.0. The fraction of sp³-hybridized carbons (Fsp3) is 0.611. The number of carbonyl (C=O) groups is 1. The minimum atomic E-state index is 0.250. The highest BCUT2D eigenvalue weighted by Crippen LogP contribution is 2.20. The maximum absolute atomic E-state index is 12.7. The number of hydrogen-bond acceptors (Lipinski definition) is 4. The number of carbonyl (C=O) groups excluding carboxylic acids is 1. The number of nitrogens with zero attached hydrogens (tertiary/aromatic N) is 2. The standard InChI is InChI=1S/C18H26N2O3/c1-19-9-15-10-20(11-16(19)13-23-12-15)18(21)7-6-14-4-3-5-17(8-14)22-2/h3-5,8,15-16H,6-7,9-13H2,1-2H3/t15-,16+/m1/s1. The van der Waals surface area contributed by atoms with Gasteiger partial charge in [-0.3, -0.25) is 9.69 Å². The van der Waals surface area contributed by atoms with E-state index in [-0.39, 0.29) is 5.91 Å². The smallest absolute Gasteiger partial charge is 0.222 e. The molecule has 0 aromatic heterocycles. The molecule has 2 atom stereocenters.